The minimum absolute atomic E-state index is 0.906. The lowest BCUT2D eigenvalue weighted by Gasteiger charge is -2.35. The number of rotatable bonds is 4. The molecule has 0 fully saturated rings. The topological polar surface area (TPSA) is 9.23 Å². The van der Waals surface area contributed by atoms with Gasteiger partial charge in [0.05, 0.1) is 7.11 Å². The van der Waals surface area contributed by atoms with E-state index in [9.17, 15) is 0 Å². The largest absolute Gasteiger partial charge is 0.496 e. The number of para-hydroxylation sites is 1. The van der Waals surface area contributed by atoms with Crippen LogP contribution in [0.5, 0.6) is 5.75 Å². The molecule has 0 aliphatic heterocycles. The molecule has 0 bridgehead atoms. The van der Waals surface area contributed by atoms with Crippen molar-refractivity contribution in [2.75, 3.05) is 7.11 Å². The molecule has 0 saturated heterocycles. The van der Waals surface area contributed by atoms with E-state index in [1.54, 1.807) is 7.11 Å². The van der Waals surface area contributed by atoms with Crippen LogP contribution in [0.25, 0.3) is 0 Å². The third-order valence-corrected chi connectivity index (χ3v) is 9.86. The van der Waals surface area contributed by atoms with Crippen LogP contribution in [0.3, 0.4) is 0 Å². The first-order valence-corrected chi connectivity index (χ1v) is 10.9. The zero-order valence-electron chi connectivity index (χ0n) is 13.2. The van der Waals surface area contributed by atoms with E-state index < -0.39 is 8.46 Å². The number of aryl methyl sites for hydroxylation is 1. The van der Waals surface area contributed by atoms with Gasteiger partial charge < -0.3 is 4.74 Å². The van der Waals surface area contributed by atoms with Gasteiger partial charge in [-0.25, -0.2) is 0 Å². The molecule has 0 aliphatic rings. The van der Waals surface area contributed by atoms with Gasteiger partial charge in [-0.3, -0.25) is 0 Å². The monoisotopic (exact) mass is 386 g/mol. The molecule has 0 saturated carbocycles. The van der Waals surface area contributed by atoms with Gasteiger partial charge in [0.2, 0.25) is 0 Å². The molecule has 3 aromatic carbocycles. The minimum Gasteiger partial charge on any atom is -0.496 e. The Kier molecular flexibility index (Phi) is 4.79. The highest BCUT2D eigenvalue weighted by atomic mass is 79.9. The van der Waals surface area contributed by atoms with Crippen LogP contribution in [-0.2, 0) is 0 Å². The lowest BCUT2D eigenvalue weighted by molar-refractivity contribution is 0.404. The Morgan fingerprint density at radius 3 is 1.96 bits per heavy atom. The van der Waals surface area contributed by atoms with Crippen molar-refractivity contribution < 1.29 is 4.74 Å². The van der Waals surface area contributed by atoms with Crippen molar-refractivity contribution >= 4 is 23.3 Å². The van der Waals surface area contributed by atoms with Crippen molar-refractivity contribution in [2.45, 2.75) is 21.6 Å². The summed E-state index contributed by atoms with van der Waals surface area (Å²) >= 11 is 4.13. The van der Waals surface area contributed by atoms with Crippen LogP contribution < -0.4 is 4.74 Å². The van der Waals surface area contributed by atoms with Gasteiger partial charge in [0.25, 0.3) is 0 Å². The van der Waals surface area contributed by atoms with Crippen molar-refractivity contribution in [1.82, 2.24) is 0 Å². The normalized spacial score (nSPS) is 14.7. The summed E-state index contributed by atoms with van der Waals surface area (Å²) in [5.74, 6) is 0.906. The number of ether oxygens (including phenoxy) is 1. The fourth-order valence-corrected chi connectivity index (χ4v) is 7.19. The Labute approximate surface area is 146 Å². The third kappa shape index (κ3) is 3.04. The van der Waals surface area contributed by atoms with Gasteiger partial charge in [-0.1, -0.05) is 56.5 Å². The molecule has 1 unspecified atom stereocenters. The van der Waals surface area contributed by atoms with E-state index in [0.717, 1.165) is 5.75 Å². The molecule has 0 aliphatic carbocycles. The maximum Gasteiger partial charge on any atom is 0.132 e. The van der Waals surface area contributed by atoms with Gasteiger partial charge in [-0.2, -0.15) is 0 Å². The summed E-state index contributed by atoms with van der Waals surface area (Å²) in [6, 6.07) is 27.6. The Morgan fingerprint density at radius 1 is 0.739 bits per heavy atom. The summed E-state index contributed by atoms with van der Waals surface area (Å²) in [5, 5.41) is 0. The van der Waals surface area contributed by atoms with Gasteiger partial charge in [-0.05, 0) is 58.1 Å². The lowest BCUT2D eigenvalue weighted by atomic mass is 10.2. The molecular weight excluding hydrogens is 368 g/mol. The SMILES string of the molecule is COc1ccccc1S(Br)(c1ccccc1)c1ccc(C)cc1. The number of hydrogen-bond acceptors (Lipinski definition) is 1. The van der Waals surface area contributed by atoms with Gasteiger partial charge in [0, 0.05) is 14.7 Å². The smallest absolute Gasteiger partial charge is 0.132 e. The molecule has 1 atom stereocenters. The number of halogens is 1. The van der Waals surface area contributed by atoms with Gasteiger partial charge in [0.1, 0.15) is 5.75 Å². The zero-order chi connectivity index (χ0) is 16.3. The van der Waals surface area contributed by atoms with Gasteiger partial charge in [-0.15, -0.1) is 0 Å². The average molecular weight is 387 g/mol. The third-order valence-electron chi connectivity index (χ3n) is 3.79. The van der Waals surface area contributed by atoms with Gasteiger partial charge >= 0.3 is 0 Å². The van der Waals surface area contributed by atoms with E-state index >= 15 is 0 Å². The molecule has 0 radical (unpaired) electrons. The van der Waals surface area contributed by atoms with Crippen LogP contribution in [0.15, 0.2) is 93.5 Å². The highest BCUT2D eigenvalue weighted by molar-refractivity contribution is 9.58. The molecule has 0 N–H and O–H groups in total. The van der Waals surface area contributed by atoms with E-state index in [0.29, 0.717) is 0 Å². The minimum atomic E-state index is -1.55. The fraction of sp³-hybridized carbons (Fsp3) is 0.100. The fourth-order valence-electron chi connectivity index (χ4n) is 2.57. The van der Waals surface area contributed by atoms with Crippen LogP contribution in [0.2, 0.25) is 0 Å². The predicted octanol–water partition coefficient (Wildman–Crippen LogP) is 6.60. The molecule has 3 rings (SSSR count). The number of benzene rings is 3. The molecule has 0 heterocycles. The molecule has 0 spiro atoms. The van der Waals surface area contributed by atoms with E-state index in [-0.39, 0.29) is 0 Å². The lowest BCUT2D eigenvalue weighted by Crippen LogP contribution is -1.99. The number of methoxy groups -OCH3 is 1. The molecule has 3 heteroatoms. The molecule has 3 aromatic rings. The highest BCUT2D eigenvalue weighted by Crippen LogP contribution is 2.75. The maximum atomic E-state index is 5.65. The second kappa shape index (κ2) is 6.81. The van der Waals surface area contributed by atoms with Crippen LogP contribution >= 0.6 is 23.3 Å². The van der Waals surface area contributed by atoms with Crippen molar-refractivity contribution in [3.8, 4) is 5.75 Å². The summed E-state index contributed by atoms with van der Waals surface area (Å²) in [5.41, 5.74) is 1.26. The first kappa shape index (κ1) is 16.2. The molecule has 0 amide bonds. The summed E-state index contributed by atoms with van der Waals surface area (Å²) in [6.45, 7) is 2.11. The van der Waals surface area contributed by atoms with Gasteiger partial charge in [0.15, 0.2) is 0 Å². The van der Waals surface area contributed by atoms with Crippen molar-refractivity contribution in [2.24, 2.45) is 0 Å². The van der Waals surface area contributed by atoms with Crippen molar-refractivity contribution in [3.05, 3.63) is 84.4 Å². The Bertz CT molecular complexity index is 786. The summed E-state index contributed by atoms with van der Waals surface area (Å²) in [6.07, 6.45) is 0. The van der Waals surface area contributed by atoms with Crippen LogP contribution in [0.1, 0.15) is 5.56 Å². The molecule has 23 heavy (non-hydrogen) atoms. The van der Waals surface area contributed by atoms with Crippen LogP contribution in [0.4, 0.5) is 0 Å². The molecule has 0 aromatic heterocycles. The molecule has 1 nitrogen and oxygen atoms in total. The summed E-state index contributed by atoms with van der Waals surface area (Å²) in [7, 11) is 0.181. The van der Waals surface area contributed by atoms with E-state index in [1.807, 2.05) is 18.2 Å². The highest BCUT2D eigenvalue weighted by Gasteiger charge is 2.30. The summed E-state index contributed by atoms with van der Waals surface area (Å²) < 4.78 is 5.65. The Morgan fingerprint density at radius 2 is 1.30 bits per heavy atom. The van der Waals surface area contributed by atoms with Crippen molar-refractivity contribution in [1.29, 1.82) is 0 Å². The van der Waals surface area contributed by atoms with E-state index in [2.05, 4.69) is 82.4 Å². The standard InChI is InChI=1S/C20H19BrOS/c1-16-12-14-18(15-13-16)23(21,17-8-4-3-5-9-17)20-11-7-6-10-19(20)22-2/h3-15H,1-2H3. The predicted molar refractivity (Wildman–Crippen MR) is 102 cm³/mol. The average Bonchev–Trinajstić information content (AvgIpc) is 2.62. The first-order valence-electron chi connectivity index (χ1n) is 7.44. The zero-order valence-corrected chi connectivity index (χ0v) is 15.6. The Balaban J connectivity index is 2.28. The van der Waals surface area contributed by atoms with Crippen molar-refractivity contribution in [3.63, 3.8) is 0 Å². The van der Waals surface area contributed by atoms with E-state index in [1.165, 1.54) is 20.2 Å². The quantitative estimate of drug-likeness (QED) is 0.490. The van der Waals surface area contributed by atoms with Crippen LogP contribution in [0, 0.1) is 6.92 Å². The first-order chi connectivity index (χ1) is 11.2. The summed E-state index contributed by atoms with van der Waals surface area (Å²) in [4.78, 5) is 3.70. The molecule has 118 valence electrons. The second-order valence-corrected chi connectivity index (χ2v) is 10.7. The van der Waals surface area contributed by atoms with Crippen LogP contribution in [-0.4, -0.2) is 7.11 Å². The number of hydrogen-bond donors (Lipinski definition) is 0. The maximum absolute atomic E-state index is 5.65. The van der Waals surface area contributed by atoms with E-state index in [4.69, 9.17) is 4.74 Å². The second-order valence-electron chi connectivity index (χ2n) is 5.31. The molecular formula is C20H19BrOS. The Hall–Kier alpha value is -1.71.